The van der Waals surface area contributed by atoms with Crippen LogP contribution in [0.4, 0.5) is 5.82 Å². The Hall–Kier alpha value is -1.65. The van der Waals surface area contributed by atoms with E-state index >= 15 is 0 Å². The molecular formula is C16H26N4O4S2. The van der Waals surface area contributed by atoms with E-state index in [1.54, 1.807) is 12.3 Å². The third-order valence-corrected chi connectivity index (χ3v) is 5.60. The number of nitrogens with zero attached hydrogens (tertiary/aromatic N) is 2. The zero-order chi connectivity index (χ0) is 19.7. The zero-order valence-corrected chi connectivity index (χ0v) is 17.1. The number of aromatic nitrogens is 1. The van der Waals surface area contributed by atoms with Gasteiger partial charge in [0.05, 0.1) is 12.3 Å². The third kappa shape index (κ3) is 7.71. The molecule has 1 rings (SSSR count). The Morgan fingerprint density at radius 3 is 2.65 bits per heavy atom. The van der Waals surface area contributed by atoms with Gasteiger partial charge in [-0.05, 0) is 50.0 Å². The van der Waals surface area contributed by atoms with Crippen LogP contribution in [-0.2, 0) is 19.6 Å². The van der Waals surface area contributed by atoms with Crippen LogP contribution in [0.1, 0.15) is 18.9 Å². The van der Waals surface area contributed by atoms with Crippen LogP contribution in [0.5, 0.6) is 0 Å². The van der Waals surface area contributed by atoms with E-state index in [0.717, 1.165) is 5.56 Å². The number of rotatable bonds is 10. The Bertz CT molecular complexity index is 725. The number of pyridine rings is 1. The molecular weight excluding hydrogens is 376 g/mol. The van der Waals surface area contributed by atoms with Crippen molar-refractivity contribution < 1.29 is 18.0 Å². The van der Waals surface area contributed by atoms with Gasteiger partial charge >= 0.3 is 0 Å². The molecule has 26 heavy (non-hydrogen) atoms. The van der Waals surface area contributed by atoms with Crippen LogP contribution in [0.15, 0.2) is 18.3 Å². The predicted molar refractivity (Wildman–Crippen MR) is 105 cm³/mol. The summed E-state index contributed by atoms with van der Waals surface area (Å²) in [6.07, 6.45) is 3.81. The number of hydrogen-bond acceptors (Lipinski definition) is 6. The first-order chi connectivity index (χ1) is 12.2. The average Bonchev–Trinajstić information content (AvgIpc) is 2.57. The molecule has 0 saturated heterocycles. The van der Waals surface area contributed by atoms with Crippen molar-refractivity contribution in [1.82, 2.24) is 14.6 Å². The van der Waals surface area contributed by atoms with Crippen molar-refractivity contribution in [3.8, 4) is 0 Å². The van der Waals surface area contributed by atoms with E-state index in [9.17, 15) is 18.0 Å². The minimum absolute atomic E-state index is 0.112. The van der Waals surface area contributed by atoms with E-state index in [4.69, 9.17) is 0 Å². The fraction of sp³-hybridized carbons (Fsp3) is 0.562. The monoisotopic (exact) mass is 402 g/mol. The Balaban J connectivity index is 2.72. The summed E-state index contributed by atoms with van der Waals surface area (Å²) in [4.78, 5) is 30.0. The molecule has 1 aromatic rings. The number of amides is 2. The minimum Gasteiger partial charge on any atom is -0.335 e. The molecule has 0 fully saturated rings. The lowest BCUT2D eigenvalue weighted by atomic mass is 10.2. The largest absolute Gasteiger partial charge is 0.335 e. The van der Waals surface area contributed by atoms with Crippen molar-refractivity contribution in [2.24, 2.45) is 0 Å². The summed E-state index contributed by atoms with van der Waals surface area (Å²) in [5.41, 5.74) is 0.950. The Morgan fingerprint density at radius 1 is 1.38 bits per heavy atom. The van der Waals surface area contributed by atoms with Gasteiger partial charge in [-0.25, -0.2) is 18.1 Å². The Morgan fingerprint density at radius 2 is 2.08 bits per heavy atom. The van der Waals surface area contributed by atoms with Crippen molar-refractivity contribution in [2.75, 3.05) is 36.7 Å². The molecule has 0 aliphatic heterocycles. The van der Waals surface area contributed by atoms with Gasteiger partial charge in [0, 0.05) is 13.2 Å². The molecule has 146 valence electrons. The van der Waals surface area contributed by atoms with Crippen LogP contribution in [0.3, 0.4) is 0 Å². The van der Waals surface area contributed by atoms with Gasteiger partial charge in [-0.15, -0.1) is 0 Å². The SMILES string of the molecule is CCS(=O)(=O)NC(CCSC)C(=O)N(C)CC(=O)Nc1cc(C)ccn1. The van der Waals surface area contributed by atoms with E-state index in [0.29, 0.717) is 18.0 Å². The molecule has 0 radical (unpaired) electrons. The van der Waals surface area contributed by atoms with Crippen molar-refractivity contribution >= 4 is 39.4 Å². The first kappa shape index (κ1) is 22.4. The second-order valence-corrected chi connectivity index (χ2v) is 8.84. The molecule has 0 aliphatic carbocycles. The number of sulfonamides is 1. The fourth-order valence-electron chi connectivity index (χ4n) is 2.11. The Kier molecular flexibility index (Phi) is 9.03. The molecule has 0 spiro atoms. The van der Waals surface area contributed by atoms with Gasteiger partial charge in [0.1, 0.15) is 11.9 Å². The van der Waals surface area contributed by atoms with Gasteiger partial charge in [-0.2, -0.15) is 11.8 Å². The lowest BCUT2D eigenvalue weighted by molar-refractivity contribution is -0.134. The number of carbonyl (C=O) groups is 2. The molecule has 0 bridgehead atoms. The van der Waals surface area contributed by atoms with Crippen LogP contribution >= 0.6 is 11.8 Å². The summed E-state index contributed by atoms with van der Waals surface area (Å²) < 4.78 is 26.1. The topological polar surface area (TPSA) is 108 Å². The lowest BCUT2D eigenvalue weighted by Gasteiger charge is -2.24. The van der Waals surface area contributed by atoms with Gasteiger partial charge in [-0.3, -0.25) is 9.59 Å². The van der Waals surface area contributed by atoms with Gasteiger partial charge in [0.15, 0.2) is 0 Å². The molecule has 1 aromatic heterocycles. The number of carbonyl (C=O) groups excluding carboxylic acids is 2. The van der Waals surface area contributed by atoms with E-state index in [-0.39, 0.29) is 12.3 Å². The van der Waals surface area contributed by atoms with Gasteiger partial charge in [-0.1, -0.05) is 0 Å². The average molecular weight is 403 g/mol. The maximum atomic E-state index is 12.6. The summed E-state index contributed by atoms with van der Waals surface area (Å²) in [6.45, 7) is 3.19. The normalized spacial score (nSPS) is 12.5. The first-order valence-electron chi connectivity index (χ1n) is 8.15. The number of nitrogens with one attached hydrogen (secondary N) is 2. The van der Waals surface area contributed by atoms with Crippen LogP contribution in [-0.4, -0.2) is 67.5 Å². The third-order valence-electron chi connectivity index (χ3n) is 3.55. The summed E-state index contributed by atoms with van der Waals surface area (Å²) >= 11 is 1.52. The first-order valence-corrected chi connectivity index (χ1v) is 11.2. The number of aryl methyl sites for hydroxylation is 1. The van der Waals surface area contributed by atoms with Crippen LogP contribution in [0, 0.1) is 6.92 Å². The fourth-order valence-corrected chi connectivity index (χ4v) is 3.41. The van der Waals surface area contributed by atoms with Gasteiger partial charge in [0.25, 0.3) is 0 Å². The summed E-state index contributed by atoms with van der Waals surface area (Å²) in [6, 6.07) is 2.64. The maximum absolute atomic E-state index is 12.6. The van der Waals surface area contributed by atoms with Gasteiger partial charge < -0.3 is 10.2 Å². The molecule has 1 heterocycles. The molecule has 0 saturated carbocycles. The van der Waals surface area contributed by atoms with Crippen LogP contribution in [0.2, 0.25) is 0 Å². The highest BCUT2D eigenvalue weighted by Gasteiger charge is 2.26. The van der Waals surface area contributed by atoms with Gasteiger partial charge in [0.2, 0.25) is 21.8 Å². The number of thioether (sulfide) groups is 1. The maximum Gasteiger partial charge on any atom is 0.245 e. The molecule has 2 amide bonds. The molecule has 2 N–H and O–H groups in total. The highest BCUT2D eigenvalue weighted by atomic mass is 32.2. The van der Waals surface area contributed by atoms with E-state index in [1.807, 2.05) is 19.2 Å². The molecule has 8 nitrogen and oxygen atoms in total. The minimum atomic E-state index is -3.53. The lowest BCUT2D eigenvalue weighted by Crippen LogP contribution is -2.49. The number of hydrogen-bond donors (Lipinski definition) is 2. The molecule has 0 aliphatic rings. The summed E-state index contributed by atoms with van der Waals surface area (Å²) in [7, 11) is -2.06. The number of likely N-dealkylation sites (N-methyl/N-ethyl adjacent to an activating group) is 1. The smallest absolute Gasteiger partial charge is 0.245 e. The van der Waals surface area contributed by atoms with E-state index in [2.05, 4.69) is 15.0 Å². The standard InChI is InChI=1S/C16H26N4O4S2/c1-5-26(23,24)19-13(7-9-25-4)16(22)20(3)11-15(21)18-14-10-12(2)6-8-17-14/h6,8,10,13,19H,5,7,9,11H2,1-4H3,(H,17,18,21). The zero-order valence-electron chi connectivity index (χ0n) is 15.5. The molecule has 1 atom stereocenters. The van der Waals surface area contributed by atoms with E-state index in [1.165, 1.54) is 30.6 Å². The van der Waals surface area contributed by atoms with Crippen LogP contribution in [0.25, 0.3) is 0 Å². The Labute approximate surface area is 159 Å². The highest BCUT2D eigenvalue weighted by Crippen LogP contribution is 2.08. The summed E-state index contributed by atoms with van der Waals surface area (Å²) in [5, 5.41) is 2.62. The second-order valence-electron chi connectivity index (χ2n) is 5.82. The van der Waals surface area contributed by atoms with E-state index < -0.39 is 27.9 Å². The number of anilines is 1. The van der Waals surface area contributed by atoms with Crippen LogP contribution < -0.4 is 10.0 Å². The summed E-state index contributed by atoms with van der Waals surface area (Å²) in [5.74, 6) is 0.0700. The second kappa shape index (κ2) is 10.5. The van der Waals surface area contributed by atoms with Crippen molar-refractivity contribution in [1.29, 1.82) is 0 Å². The highest BCUT2D eigenvalue weighted by molar-refractivity contribution is 7.98. The predicted octanol–water partition coefficient (Wildman–Crippen LogP) is 0.848. The van der Waals surface area contributed by atoms with Crippen molar-refractivity contribution in [3.05, 3.63) is 23.9 Å². The van der Waals surface area contributed by atoms with Crippen molar-refractivity contribution in [3.63, 3.8) is 0 Å². The molecule has 10 heteroatoms. The quantitative estimate of drug-likeness (QED) is 0.601. The van der Waals surface area contributed by atoms with Crippen molar-refractivity contribution in [2.45, 2.75) is 26.3 Å². The molecule has 1 unspecified atom stereocenters. The molecule has 0 aromatic carbocycles.